The van der Waals surface area contributed by atoms with Crippen molar-refractivity contribution in [3.05, 3.63) is 34.3 Å². The van der Waals surface area contributed by atoms with E-state index in [-0.39, 0.29) is 18.1 Å². The number of carboxylic acids is 1. The number of H-pyrrole nitrogens is 1. The first-order valence-corrected chi connectivity index (χ1v) is 5.49. The van der Waals surface area contributed by atoms with Gasteiger partial charge in [-0.2, -0.15) is 0 Å². The highest BCUT2D eigenvalue weighted by molar-refractivity contribution is 7.09. The van der Waals surface area contributed by atoms with Crippen LogP contribution in [-0.2, 0) is 6.54 Å². The summed E-state index contributed by atoms with van der Waals surface area (Å²) in [5.41, 5.74) is 0.334. The number of aromatic carboxylic acids is 1. The lowest BCUT2D eigenvalue weighted by molar-refractivity contribution is 0.0691. The molecule has 0 atom stereocenters. The predicted octanol–water partition coefficient (Wildman–Crippen LogP) is 0.494. The van der Waals surface area contributed by atoms with Gasteiger partial charge in [0, 0.05) is 5.38 Å². The minimum Gasteiger partial charge on any atom is -0.476 e. The van der Waals surface area contributed by atoms with Crippen LogP contribution >= 0.6 is 11.3 Å². The maximum atomic E-state index is 11.5. The monoisotopic (exact) mass is 252 g/mol. The molecule has 3 N–H and O–H groups in total. The third-order valence-electron chi connectivity index (χ3n) is 1.91. The molecule has 0 saturated heterocycles. The maximum Gasteiger partial charge on any atom is 0.355 e. The van der Waals surface area contributed by atoms with Gasteiger partial charge in [-0.1, -0.05) is 0 Å². The van der Waals surface area contributed by atoms with Gasteiger partial charge in [0.15, 0.2) is 5.69 Å². The van der Waals surface area contributed by atoms with E-state index in [0.29, 0.717) is 10.7 Å². The number of carbonyl (C=O) groups excluding carboxylic acids is 1. The van der Waals surface area contributed by atoms with Crippen LogP contribution in [0, 0.1) is 0 Å². The molecule has 0 spiro atoms. The first-order chi connectivity index (χ1) is 8.16. The molecule has 0 aliphatic rings. The van der Waals surface area contributed by atoms with Gasteiger partial charge in [0.05, 0.1) is 19.1 Å². The number of hydrogen-bond acceptors (Lipinski definition) is 5. The number of aromatic amines is 1. The summed E-state index contributed by atoms with van der Waals surface area (Å²) in [6.07, 6.45) is 2.81. The van der Waals surface area contributed by atoms with Crippen LogP contribution in [0.2, 0.25) is 0 Å². The first-order valence-electron chi connectivity index (χ1n) is 4.61. The van der Waals surface area contributed by atoms with E-state index in [1.165, 1.54) is 29.2 Å². The second-order valence-electron chi connectivity index (χ2n) is 3.08. The van der Waals surface area contributed by atoms with Crippen LogP contribution in [0.15, 0.2) is 17.9 Å². The van der Waals surface area contributed by atoms with E-state index in [1.54, 1.807) is 0 Å². The van der Waals surface area contributed by atoms with E-state index in [1.807, 2.05) is 0 Å². The van der Waals surface area contributed by atoms with Gasteiger partial charge in [-0.15, -0.1) is 11.3 Å². The molecule has 2 heterocycles. The van der Waals surface area contributed by atoms with Crippen molar-refractivity contribution >= 4 is 23.2 Å². The van der Waals surface area contributed by atoms with Crippen molar-refractivity contribution in [3.8, 4) is 0 Å². The SMILES string of the molecule is O=C(O)c1csc(CNC(=O)c2cnc[nH]2)n1. The molecular weight excluding hydrogens is 244 g/mol. The molecule has 2 rings (SSSR count). The number of nitrogens with zero attached hydrogens (tertiary/aromatic N) is 2. The second-order valence-corrected chi connectivity index (χ2v) is 4.02. The zero-order valence-electron chi connectivity index (χ0n) is 8.51. The summed E-state index contributed by atoms with van der Waals surface area (Å²) in [6.45, 7) is 0.190. The van der Waals surface area contributed by atoms with Crippen LogP contribution in [-0.4, -0.2) is 31.9 Å². The third kappa shape index (κ3) is 2.67. The van der Waals surface area contributed by atoms with Crippen molar-refractivity contribution < 1.29 is 14.7 Å². The van der Waals surface area contributed by atoms with Gasteiger partial charge in [-0.3, -0.25) is 4.79 Å². The average molecular weight is 252 g/mol. The highest BCUT2D eigenvalue weighted by Gasteiger charge is 2.10. The first kappa shape index (κ1) is 11.3. The molecule has 0 aliphatic heterocycles. The Morgan fingerprint density at radius 3 is 2.94 bits per heavy atom. The van der Waals surface area contributed by atoms with Crippen molar-refractivity contribution in [2.75, 3.05) is 0 Å². The molecule has 0 aliphatic carbocycles. The molecule has 2 aromatic rings. The number of imidazole rings is 1. The van der Waals surface area contributed by atoms with E-state index >= 15 is 0 Å². The smallest absolute Gasteiger partial charge is 0.355 e. The van der Waals surface area contributed by atoms with Crippen LogP contribution in [0.4, 0.5) is 0 Å². The van der Waals surface area contributed by atoms with Gasteiger partial charge < -0.3 is 15.4 Å². The molecule has 2 aromatic heterocycles. The van der Waals surface area contributed by atoms with Gasteiger partial charge in [0.2, 0.25) is 0 Å². The van der Waals surface area contributed by atoms with Gasteiger partial charge >= 0.3 is 5.97 Å². The molecule has 7 nitrogen and oxygen atoms in total. The third-order valence-corrected chi connectivity index (χ3v) is 2.76. The molecule has 0 bridgehead atoms. The lowest BCUT2D eigenvalue weighted by Gasteiger charge is -1.99. The van der Waals surface area contributed by atoms with Crippen LogP contribution in [0.5, 0.6) is 0 Å². The molecule has 0 unspecified atom stereocenters. The molecule has 1 amide bonds. The molecular formula is C9H8N4O3S. The Hall–Kier alpha value is -2.22. The number of amides is 1. The molecule has 0 fully saturated rings. The Morgan fingerprint density at radius 1 is 1.53 bits per heavy atom. The number of carboxylic acid groups (broad SMARTS) is 1. The second kappa shape index (κ2) is 4.74. The molecule has 8 heteroatoms. The Morgan fingerprint density at radius 2 is 2.35 bits per heavy atom. The fraction of sp³-hybridized carbons (Fsp3) is 0.111. The lowest BCUT2D eigenvalue weighted by atomic mass is 10.4. The summed E-state index contributed by atoms with van der Waals surface area (Å²) in [4.78, 5) is 32.3. The van der Waals surface area contributed by atoms with Gasteiger partial charge in [0.1, 0.15) is 10.7 Å². The summed E-state index contributed by atoms with van der Waals surface area (Å²) in [7, 11) is 0. The van der Waals surface area contributed by atoms with Crippen LogP contribution in [0.1, 0.15) is 26.0 Å². The average Bonchev–Trinajstić information content (AvgIpc) is 2.97. The van der Waals surface area contributed by atoms with Crippen LogP contribution in [0.3, 0.4) is 0 Å². The Labute approximate surface area is 99.5 Å². The lowest BCUT2D eigenvalue weighted by Crippen LogP contribution is -2.23. The normalized spacial score (nSPS) is 10.1. The summed E-state index contributed by atoms with van der Waals surface area (Å²) < 4.78 is 0. The summed E-state index contributed by atoms with van der Waals surface area (Å²) in [5.74, 6) is -1.39. The van der Waals surface area contributed by atoms with Crippen molar-refractivity contribution in [1.82, 2.24) is 20.3 Å². The number of carbonyl (C=O) groups is 2. The number of hydrogen-bond donors (Lipinski definition) is 3. The fourth-order valence-electron chi connectivity index (χ4n) is 1.12. The minimum atomic E-state index is -1.08. The van der Waals surface area contributed by atoms with Crippen molar-refractivity contribution in [1.29, 1.82) is 0 Å². The Bertz CT molecular complexity index is 534. The highest BCUT2D eigenvalue weighted by atomic mass is 32.1. The minimum absolute atomic E-state index is 0.0132. The molecule has 0 saturated carbocycles. The van der Waals surface area contributed by atoms with Crippen LogP contribution in [0.25, 0.3) is 0 Å². The number of nitrogens with one attached hydrogen (secondary N) is 2. The molecule has 0 aromatic carbocycles. The summed E-state index contributed by atoms with van der Waals surface area (Å²) in [5, 5.41) is 13.2. The van der Waals surface area contributed by atoms with Crippen LogP contribution < -0.4 is 5.32 Å². The van der Waals surface area contributed by atoms with Crippen molar-refractivity contribution in [2.45, 2.75) is 6.54 Å². The fourth-order valence-corrected chi connectivity index (χ4v) is 1.83. The Kier molecular flexibility index (Phi) is 3.15. The zero-order valence-corrected chi connectivity index (χ0v) is 9.32. The topological polar surface area (TPSA) is 108 Å². The van der Waals surface area contributed by atoms with E-state index < -0.39 is 5.97 Å². The van der Waals surface area contributed by atoms with Crippen molar-refractivity contribution in [2.24, 2.45) is 0 Å². The number of thiazole rings is 1. The summed E-state index contributed by atoms with van der Waals surface area (Å²) in [6, 6.07) is 0. The quantitative estimate of drug-likeness (QED) is 0.734. The van der Waals surface area contributed by atoms with E-state index in [9.17, 15) is 9.59 Å². The predicted molar refractivity (Wildman–Crippen MR) is 58.8 cm³/mol. The standard InChI is InChI=1S/C9H8N4O3S/c14-8(5-1-10-4-12-5)11-2-7-13-6(3-17-7)9(15)16/h1,3-4H,2H2,(H,10,12)(H,11,14)(H,15,16). The van der Waals surface area contributed by atoms with Gasteiger partial charge in [0.25, 0.3) is 5.91 Å². The van der Waals surface area contributed by atoms with Gasteiger partial charge in [-0.05, 0) is 0 Å². The number of aromatic nitrogens is 3. The largest absolute Gasteiger partial charge is 0.476 e. The van der Waals surface area contributed by atoms with E-state index in [2.05, 4.69) is 20.3 Å². The van der Waals surface area contributed by atoms with Gasteiger partial charge in [-0.25, -0.2) is 14.8 Å². The zero-order chi connectivity index (χ0) is 12.3. The molecule has 88 valence electrons. The summed E-state index contributed by atoms with van der Waals surface area (Å²) >= 11 is 1.18. The van der Waals surface area contributed by atoms with E-state index in [4.69, 9.17) is 5.11 Å². The molecule has 0 radical (unpaired) electrons. The maximum absolute atomic E-state index is 11.5. The van der Waals surface area contributed by atoms with E-state index in [0.717, 1.165) is 0 Å². The number of rotatable bonds is 4. The molecule has 17 heavy (non-hydrogen) atoms. The van der Waals surface area contributed by atoms with Crippen molar-refractivity contribution in [3.63, 3.8) is 0 Å². The Balaban J connectivity index is 1.93. The highest BCUT2D eigenvalue weighted by Crippen LogP contribution is 2.09.